The van der Waals surface area contributed by atoms with Crippen LogP contribution in [-0.4, -0.2) is 42.7 Å². The highest BCUT2D eigenvalue weighted by Crippen LogP contribution is 2.31. The number of non-ortho nitro benzene ring substituents is 1. The van der Waals surface area contributed by atoms with Crippen molar-refractivity contribution < 1.29 is 18.1 Å². The maximum atomic E-state index is 13.0. The fraction of sp³-hybridized carbons (Fsp3) is 0.650. The van der Waals surface area contributed by atoms with Crippen LogP contribution in [0.25, 0.3) is 0 Å². The van der Waals surface area contributed by atoms with Gasteiger partial charge in [-0.25, -0.2) is 8.42 Å². The van der Waals surface area contributed by atoms with Gasteiger partial charge in [-0.15, -0.1) is 0 Å². The highest BCUT2D eigenvalue weighted by Gasteiger charge is 2.34. The molecule has 8 nitrogen and oxygen atoms in total. The van der Waals surface area contributed by atoms with Gasteiger partial charge in [0.25, 0.3) is 5.69 Å². The number of benzene rings is 1. The van der Waals surface area contributed by atoms with Crippen molar-refractivity contribution >= 4 is 33.2 Å². The predicted octanol–water partition coefficient (Wildman–Crippen LogP) is 3.88. The standard InChI is InChI=1S/C20H28ClN3O5S/c21-18-9-8-17(24(26)27)14-19(18)30(28,29)23-12-10-15(11-13-23)20(25)22-16-6-4-2-1-3-5-7-16/h8-9,14-16H,1-7,10-13H2,(H,22,25). The number of hydrogen-bond donors (Lipinski definition) is 1. The Bertz CT molecular complexity index is 876. The first-order valence-electron chi connectivity index (χ1n) is 10.5. The number of hydrogen-bond acceptors (Lipinski definition) is 5. The van der Waals surface area contributed by atoms with Crippen LogP contribution in [0.2, 0.25) is 5.02 Å². The van der Waals surface area contributed by atoms with Crippen molar-refractivity contribution in [1.29, 1.82) is 0 Å². The molecular formula is C20H28ClN3O5S. The van der Waals surface area contributed by atoms with Gasteiger partial charge < -0.3 is 5.32 Å². The van der Waals surface area contributed by atoms with Crippen molar-refractivity contribution in [2.75, 3.05) is 13.1 Å². The topological polar surface area (TPSA) is 110 Å². The average Bonchev–Trinajstić information content (AvgIpc) is 2.70. The van der Waals surface area contributed by atoms with Crippen LogP contribution in [0.3, 0.4) is 0 Å². The van der Waals surface area contributed by atoms with Crippen molar-refractivity contribution in [2.45, 2.75) is 68.7 Å². The minimum atomic E-state index is -3.97. The average molecular weight is 458 g/mol. The number of carbonyl (C=O) groups excluding carboxylic acids is 1. The Morgan fingerprint density at radius 1 is 1.07 bits per heavy atom. The van der Waals surface area contributed by atoms with E-state index in [0.717, 1.165) is 31.7 Å². The van der Waals surface area contributed by atoms with E-state index in [1.165, 1.54) is 35.7 Å². The number of sulfonamides is 1. The molecule has 1 saturated heterocycles. The number of nitro benzene ring substituents is 1. The molecule has 0 aromatic heterocycles. The SMILES string of the molecule is O=C(NC1CCCCCCC1)C1CCN(S(=O)(=O)c2cc([N+](=O)[O-])ccc2Cl)CC1. The van der Waals surface area contributed by atoms with Crippen molar-refractivity contribution in [1.82, 2.24) is 9.62 Å². The van der Waals surface area contributed by atoms with Crippen LogP contribution in [0.15, 0.2) is 23.1 Å². The molecule has 0 atom stereocenters. The van der Waals surface area contributed by atoms with Crippen LogP contribution in [0, 0.1) is 16.0 Å². The van der Waals surface area contributed by atoms with E-state index < -0.39 is 14.9 Å². The normalized spacial score (nSPS) is 20.3. The number of halogens is 1. The predicted molar refractivity (Wildman–Crippen MR) is 114 cm³/mol. The summed E-state index contributed by atoms with van der Waals surface area (Å²) in [4.78, 5) is 22.8. The third-order valence-electron chi connectivity index (χ3n) is 6.02. The Morgan fingerprint density at radius 2 is 1.67 bits per heavy atom. The molecular weight excluding hydrogens is 430 g/mol. The minimum absolute atomic E-state index is 0.00556. The lowest BCUT2D eigenvalue weighted by Gasteiger charge is -2.32. The van der Waals surface area contributed by atoms with E-state index in [-0.39, 0.29) is 46.6 Å². The molecule has 0 bridgehead atoms. The molecule has 1 aromatic rings. The van der Waals surface area contributed by atoms with Gasteiger partial charge in [0.1, 0.15) is 4.90 Å². The molecule has 0 spiro atoms. The summed E-state index contributed by atoms with van der Waals surface area (Å²) in [6.45, 7) is 0.369. The lowest BCUT2D eigenvalue weighted by molar-refractivity contribution is -0.385. The summed E-state index contributed by atoms with van der Waals surface area (Å²) in [6.07, 6.45) is 8.80. The quantitative estimate of drug-likeness (QED) is 0.533. The number of amides is 1. The summed E-state index contributed by atoms with van der Waals surface area (Å²) in [5.41, 5.74) is -0.327. The maximum absolute atomic E-state index is 13.0. The van der Waals surface area contributed by atoms with Crippen molar-refractivity contribution in [3.8, 4) is 0 Å². The first-order chi connectivity index (χ1) is 14.3. The number of nitrogens with one attached hydrogen (secondary N) is 1. The van der Waals surface area contributed by atoms with Crippen LogP contribution in [-0.2, 0) is 14.8 Å². The Balaban J connectivity index is 1.61. The van der Waals surface area contributed by atoms with E-state index in [1.807, 2.05) is 0 Å². The second-order valence-corrected chi connectivity index (χ2v) is 10.4. The molecule has 166 valence electrons. The van der Waals surface area contributed by atoms with Gasteiger partial charge >= 0.3 is 0 Å². The van der Waals surface area contributed by atoms with Crippen LogP contribution < -0.4 is 5.32 Å². The van der Waals surface area contributed by atoms with Crippen molar-refractivity contribution in [3.05, 3.63) is 33.3 Å². The molecule has 1 aliphatic carbocycles. The van der Waals surface area contributed by atoms with Crippen LogP contribution >= 0.6 is 11.6 Å². The molecule has 2 aliphatic rings. The molecule has 1 amide bonds. The van der Waals surface area contributed by atoms with Gasteiger partial charge in [0.05, 0.1) is 9.95 Å². The van der Waals surface area contributed by atoms with Gasteiger partial charge in [0.15, 0.2) is 0 Å². The third-order valence-corrected chi connectivity index (χ3v) is 8.40. The Hall–Kier alpha value is -1.71. The van der Waals surface area contributed by atoms with Gasteiger partial charge in [-0.2, -0.15) is 4.31 Å². The molecule has 2 fully saturated rings. The van der Waals surface area contributed by atoms with Gasteiger partial charge in [-0.05, 0) is 31.7 Å². The first kappa shape index (κ1) is 23.0. The fourth-order valence-electron chi connectivity index (χ4n) is 4.22. The minimum Gasteiger partial charge on any atom is -0.353 e. The van der Waals surface area contributed by atoms with Gasteiger partial charge in [0, 0.05) is 37.2 Å². The zero-order valence-corrected chi connectivity index (χ0v) is 18.5. The molecule has 1 saturated carbocycles. The summed E-state index contributed by atoms with van der Waals surface area (Å²) in [5.74, 6) is -0.214. The van der Waals surface area contributed by atoms with Crippen LogP contribution in [0.4, 0.5) is 5.69 Å². The summed E-state index contributed by atoms with van der Waals surface area (Å²) in [5, 5.41) is 14.1. The molecule has 10 heteroatoms. The van der Waals surface area contributed by atoms with E-state index in [1.54, 1.807) is 0 Å². The Morgan fingerprint density at radius 3 is 2.27 bits per heavy atom. The lowest BCUT2D eigenvalue weighted by Crippen LogP contribution is -2.45. The third kappa shape index (κ3) is 5.50. The fourth-order valence-corrected chi connectivity index (χ4v) is 6.18. The maximum Gasteiger partial charge on any atom is 0.270 e. The summed E-state index contributed by atoms with van der Waals surface area (Å²) >= 11 is 6.02. The monoisotopic (exact) mass is 457 g/mol. The number of carbonyl (C=O) groups is 1. The highest BCUT2D eigenvalue weighted by atomic mass is 35.5. The van der Waals surface area contributed by atoms with Crippen LogP contribution in [0.1, 0.15) is 57.8 Å². The zero-order chi connectivity index (χ0) is 21.7. The Labute approximate surface area is 182 Å². The van der Waals surface area contributed by atoms with E-state index in [0.29, 0.717) is 12.8 Å². The second kappa shape index (κ2) is 10.1. The molecule has 1 N–H and O–H groups in total. The second-order valence-electron chi connectivity index (χ2n) is 8.10. The van der Waals surface area contributed by atoms with Crippen molar-refractivity contribution in [2.24, 2.45) is 5.92 Å². The molecule has 30 heavy (non-hydrogen) atoms. The van der Waals surface area contributed by atoms with E-state index in [4.69, 9.17) is 11.6 Å². The van der Waals surface area contributed by atoms with E-state index >= 15 is 0 Å². The number of rotatable bonds is 5. The molecule has 3 rings (SSSR count). The Kier molecular flexibility index (Phi) is 7.70. The first-order valence-corrected chi connectivity index (χ1v) is 12.4. The summed E-state index contributed by atoms with van der Waals surface area (Å²) < 4.78 is 27.2. The molecule has 1 heterocycles. The number of piperidine rings is 1. The number of nitrogens with zero attached hydrogens (tertiary/aromatic N) is 2. The molecule has 1 aromatic carbocycles. The van der Waals surface area contributed by atoms with Gasteiger partial charge in [-0.1, -0.05) is 43.7 Å². The van der Waals surface area contributed by atoms with Crippen molar-refractivity contribution in [3.63, 3.8) is 0 Å². The molecule has 0 unspecified atom stereocenters. The summed E-state index contributed by atoms with van der Waals surface area (Å²) in [6, 6.07) is 3.60. The summed E-state index contributed by atoms with van der Waals surface area (Å²) in [7, 11) is -3.97. The molecule has 1 aliphatic heterocycles. The van der Waals surface area contributed by atoms with E-state index in [2.05, 4.69) is 5.32 Å². The van der Waals surface area contributed by atoms with Crippen LogP contribution in [0.5, 0.6) is 0 Å². The smallest absolute Gasteiger partial charge is 0.270 e. The van der Waals surface area contributed by atoms with E-state index in [9.17, 15) is 23.3 Å². The largest absolute Gasteiger partial charge is 0.353 e. The lowest BCUT2D eigenvalue weighted by atomic mass is 9.94. The number of nitro groups is 1. The van der Waals surface area contributed by atoms with Gasteiger partial charge in [-0.3, -0.25) is 14.9 Å². The van der Waals surface area contributed by atoms with Gasteiger partial charge in [0.2, 0.25) is 15.9 Å². The zero-order valence-electron chi connectivity index (χ0n) is 16.9. The highest BCUT2D eigenvalue weighted by molar-refractivity contribution is 7.89. The molecule has 0 radical (unpaired) electrons.